The minimum absolute atomic E-state index is 0.166. The van der Waals surface area contributed by atoms with Crippen molar-refractivity contribution < 1.29 is 8.78 Å². The Morgan fingerprint density at radius 2 is 2.00 bits per heavy atom. The first-order valence-electron chi connectivity index (χ1n) is 6.29. The maximum atomic E-state index is 14.8. The van der Waals surface area contributed by atoms with E-state index in [1.165, 1.54) is 13.0 Å². The second-order valence-corrected chi connectivity index (χ2v) is 4.91. The van der Waals surface area contributed by atoms with E-state index in [9.17, 15) is 8.78 Å². The van der Waals surface area contributed by atoms with Crippen LogP contribution in [0.5, 0.6) is 0 Å². The van der Waals surface area contributed by atoms with Crippen molar-refractivity contribution >= 4 is 0 Å². The Morgan fingerprint density at radius 1 is 1.24 bits per heavy atom. The summed E-state index contributed by atoms with van der Waals surface area (Å²) in [6, 6.07) is 5.86. The SMILES string of the molecule is CC(F)(c1ccccc1F)C1CCCCCN1. The average Bonchev–Trinajstić information content (AvgIpc) is 2.58. The molecule has 0 spiro atoms. The van der Waals surface area contributed by atoms with E-state index in [0.717, 1.165) is 32.2 Å². The van der Waals surface area contributed by atoms with Gasteiger partial charge in [0.15, 0.2) is 5.67 Å². The molecule has 1 aromatic rings. The van der Waals surface area contributed by atoms with Gasteiger partial charge in [-0.2, -0.15) is 0 Å². The molecule has 0 aliphatic carbocycles. The van der Waals surface area contributed by atoms with Gasteiger partial charge in [-0.1, -0.05) is 31.0 Å². The molecular formula is C14H19F2N. The number of nitrogens with one attached hydrogen (secondary N) is 1. The molecule has 2 unspecified atom stereocenters. The second-order valence-electron chi connectivity index (χ2n) is 4.91. The molecular weight excluding hydrogens is 220 g/mol. The molecule has 3 heteroatoms. The summed E-state index contributed by atoms with van der Waals surface area (Å²) in [5.74, 6) is -0.455. The fraction of sp³-hybridized carbons (Fsp3) is 0.571. The van der Waals surface area contributed by atoms with E-state index in [1.807, 2.05) is 0 Å². The third-order valence-electron chi connectivity index (χ3n) is 3.62. The molecule has 1 aliphatic rings. The summed E-state index contributed by atoms with van der Waals surface area (Å²) < 4.78 is 28.5. The fourth-order valence-electron chi connectivity index (χ4n) is 2.54. The van der Waals surface area contributed by atoms with Gasteiger partial charge >= 0.3 is 0 Å². The molecule has 1 heterocycles. The summed E-state index contributed by atoms with van der Waals surface area (Å²) in [6.07, 6.45) is 3.97. The van der Waals surface area contributed by atoms with E-state index in [-0.39, 0.29) is 11.6 Å². The summed E-state index contributed by atoms with van der Waals surface area (Å²) in [7, 11) is 0. The van der Waals surface area contributed by atoms with Gasteiger partial charge in [-0.3, -0.25) is 0 Å². The Bertz CT molecular complexity index is 368. The van der Waals surface area contributed by atoms with E-state index in [1.54, 1.807) is 18.2 Å². The third kappa shape index (κ3) is 2.65. The first kappa shape index (κ1) is 12.5. The van der Waals surface area contributed by atoms with Crippen molar-refractivity contribution in [3.05, 3.63) is 35.6 Å². The lowest BCUT2D eigenvalue weighted by atomic mass is 9.87. The van der Waals surface area contributed by atoms with E-state index < -0.39 is 11.5 Å². The zero-order valence-electron chi connectivity index (χ0n) is 10.2. The molecule has 1 fully saturated rings. The van der Waals surface area contributed by atoms with Crippen LogP contribution in [0.2, 0.25) is 0 Å². The summed E-state index contributed by atoms with van der Waals surface area (Å²) in [5, 5.41) is 3.21. The van der Waals surface area contributed by atoms with E-state index in [4.69, 9.17) is 0 Å². The number of hydrogen-bond donors (Lipinski definition) is 1. The molecule has 1 aliphatic heterocycles. The van der Waals surface area contributed by atoms with E-state index >= 15 is 0 Å². The Hall–Kier alpha value is -0.960. The average molecular weight is 239 g/mol. The normalized spacial score (nSPS) is 25.0. The van der Waals surface area contributed by atoms with Crippen molar-refractivity contribution in [2.45, 2.75) is 44.3 Å². The maximum Gasteiger partial charge on any atom is 0.151 e. The van der Waals surface area contributed by atoms with Crippen molar-refractivity contribution in [3.8, 4) is 0 Å². The van der Waals surface area contributed by atoms with E-state index in [0.29, 0.717) is 0 Å². The highest BCUT2D eigenvalue weighted by Crippen LogP contribution is 2.34. The van der Waals surface area contributed by atoms with Crippen LogP contribution in [-0.4, -0.2) is 12.6 Å². The standard InChI is InChI=1S/C14H19F2N/c1-14(16,11-7-4-5-8-12(11)15)13-9-3-2-6-10-17-13/h4-5,7-8,13,17H,2-3,6,9-10H2,1H3. The van der Waals surface area contributed by atoms with Gasteiger partial charge in [0.25, 0.3) is 0 Å². The molecule has 2 rings (SSSR count). The highest BCUT2D eigenvalue weighted by Gasteiger charge is 2.37. The molecule has 0 amide bonds. The Labute approximate surface area is 101 Å². The van der Waals surface area contributed by atoms with Gasteiger partial charge in [0.2, 0.25) is 0 Å². The van der Waals surface area contributed by atoms with Crippen LogP contribution in [0.15, 0.2) is 24.3 Å². The first-order chi connectivity index (χ1) is 8.12. The molecule has 1 saturated heterocycles. The Balaban J connectivity index is 2.25. The summed E-state index contributed by atoms with van der Waals surface area (Å²) >= 11 is 0. The molecule has 0 radical (unpaired) electrons. The van der Waals surface area contributed by atoms with Gasteiger partial charge < -0.3 is 5.32 Å². The van der Waals surface area contributed by atoms with Gasteiger partial charge in [-0.05, 0) is 32.4 Å². The first-order valence-corrected chi connectivity index (χ1v) is 6.29. The monoisotopic (exact) mass is 239 g/mol. The van der Waals surface area contributed by atoms with Crippen LogP contribution >= 0.6 is 0 Å². The highest BCUT2D eigenvalue weighted by molar-refractivity contribution is 5.25. The van der Waals surface area contributed by atoms with Gasteiger partial charge in [0.05, 0.1) is 0 Å². The number of alkyl halides is 1. The zero-order chi connectivity index (χ0) is 12.3. The number of hydrogen-bond acceptors (Lipinski definition) is 1. The molecule has 17 heavy (non-hydrogen) atoms. The summed E-state index contributed by atoms with van der Waals surface area (Å²) in [5.41, 5.74) is -1.48. The van der Waals surface area contributed by atoms with Crippen LogP contribution in [0.3, 0.4) is 0 Å². The van der Waals surface area contributed by atoms with Crippen molar-refractivity contribution in [1.29, 1.82) is 0 Å². The smallest absolute Gasteiger partial charge is 0.151 e. The molecule has 1 aromatic carbocycles. The van der Waals surface area contributed by atoms with Crippen molar-refractivity contribution in [2.24, 2.45) is 0 Å². The zero-order valence-corrected chi connectivity index (χ0v) is 10.2. The van der Waals surface area contributed by atoms with Crippen LogP contribution in [0.4, 0.5) is 8.78 Å². The highest BCUT2D eigenvalue weighted by atomic mass is 19.1. The lowest BCUT2D eigenvalue weighted by Crippen LogP contribution is -2.43. The van der Waals surface area contributed by atoms with Crippen LogP contribution in [0, 0.1) is 5.82 Å². The minimum Gasteiger partial charge on any atom is -0.311 e. The van der Waals surface area contributed by atoms with Crippen molar-refractivity contribution in [3.63, 3.8) is 0 Å². The molecule has 2 atom stereocenters. The number of halogens is 2. The van der Waals surface area contributed by atoms with Gasteiger partial charge in [-0.15, -0.1) is 0 Å². The van der Waals surface area contributed by atoms with Crippen LogP contribution in [0.1, 0.15) is 38.2 Å². The molecule has 1 N–H and O–H groups in total. The van der Waals surface area contributed by atoms with Crippen molar-refractivity contribution in [2.75, 3.05) is 6.54 Å². The largest absolute Gasteiger partial charge is 0.311 e. The van der Waals surface area contributed by atoms with Gasteiger partial charge in [-0.25, -0.2) is 8.78 Å². The predicted octanol–water partition coefficient (Wildman–Crippen LogP) is 3.54. The molecule has 0 aromatic heterocycles. The third-order valence-corrected chi connectivity index (χ3v) is 3.62. The second kappa shape index (κ2) is 5.13. The van der Waals surface area contributed by atoms with Gasteiger partial charge in [0, 0.05) is 11.6 Å². The van der Waals surface area contributed by atoms with Crippen LogP contribution in [-0.2, 0) is 5.67 Å². The molecule has 0 bridgehead atoms. The van der Waals surface area contributed by atoms with Crippen LogP contribution in [0.25, 0.3) is 0 Å². The molecule has 1 nitrogen and oxygen atoms in total. The maximum absolute atomic E-state index is 14.8. The van der Waals surface area contributed by atoms with Crippen molar-refractivity contribution in [1.82, 2.24) is 5.32 Å². The lowest BCUT2D eigenvalue weighted by Gasteiger charge is -2.31. The minimum atomic E-state index is -1.64. The fourth-order valence-corrected chi connectivity index (χ4v) is 2.54. The summed E-state index contributed by atoms with van der Waals surface area (Å²) in [6.45, 7) is 2.30. The Morgan fingerprint density at radius 3 is 2.76 bits per heavy atom. The number of benzene rings is 1. The lowest BCUT2D eigenvalue weighted by molar-refractivity contribution is 0.118. The van der Waals surface area contributed by atoms with E-state index in [2.05, 4.69) is 5.32 Å². The molecule has 0 saturated carbocycles. The van der Waals surface area contributed by atoms with Crippen LogP contribution < -0.4 is 5.32 Å². The molecule has 94 valence electrons. The van der Waals surface area contributed by atoms with Gasteiger partial charge in [0.1, 0.15) is 5.82 Å². The quantitative estimate of drug-likeness (QED) is 0.832. The predicted molar refractivity (Wildman–Crippen MR) is 65.1 cm³/mol. The Kier molecular flexibility index (Phi) is 3.77. The topological polar surface area (TPSA) is 12.0 Å². The number of rotatable bonds is 2. The summed E-state index contributed by atoms with van der Waals surface area (Å²) in [4.78, 5) is 0.